The fourth-order valence-corrected chi connectivity index (χ4v) is 6.11. The Morgan fingerprint density at radius 1 is 1.25 bits per heavy atom. The van der Waals surface area contributed by atoms with Crippen molar-refractivity contribution in [3.63, 3.8) is 0 Å². The Kier molecular flexibility index (Phi) is 5.18. The van der Waals surface area contributed by atoms with Gasteiger partial charge in [0.1, 0.15) is 12.3 Å². The number of fused-ring (bicyclic) bond motifs is 2. The van der Waals surface area contributed by atoms with Crippen molar-refractivity contribution in [1.29, 1.82) is 5.26 Å². The van der Waals surface area contributed by atoms with E-state index in [1.54, 1.807) is 4.90 Å². The molecule has 2 aliphatic carbocycles. The molecule has 36 heavy (non-hydrogen) atoms. The molecule has 5 atom stereocenters. The molecule has 3 heterocycles. The number of nitrogens with one attached hydrogen (secondary N) is 2. The van der Waals surface area contributed by atoms with E-state index in [1.807, 2.05) is 12.1 Å². The first-order chi connectivity index (χ1) is 17.2. The second-order valence-corrected chi connectivity index (χ2v) is 10.9. The number of rotatable bonds is 6. The summed E-state index contributed by atoms with van der Waals surface area (Å²) in [4.78, 5) is 22.7. The quantitative estimate of drug-likeness (QED) is 0.483. The lowest BCUT2D eigenvalue weighted by atomic mass is 9.98. The van der Waals surface area contributed by atoms with Gasteiger partial charge in [0.15, 0.2) is 11.6 Å². The van der Waals surface area contributed by atoms with Crippen molar-refractivity contribution in [3.8, 4) is 6.07 Å². The van der Waals surface area contributed by atoms with Gasteiger partial charge in [-0.2, -0.15) is 5.26 Å². The molecule has 2 unspecified atom stereocenters. The Labute approximate surface area is 207 Å². The molecule has 2 aromatic heterocycles. The predicted octanol–water partition coefficient (Wildman–Crippen LogP) is 4.05. The van der Waals surface area contributed by atoms with E-state index < -0.39 is 29.9 Å². The van der Waals surface area contributed by atoms with Gasteiger partial charge in [-0.3, -0.25) is 14.7 Å². The highest BCUT2D eigenvalue weighted by Crippen LogP contribution is 2.65. The summed E-state index contributed by atoms with van der Waals surface area (Å²) in [5.41, 5.74) is 1.99. The maximum Gasteiger partial charge on any atom is 0.239 e. The molecular formula is C27H27F2N5O2. The predicted molar refractivity (Wildman–Crippen MR) is 127 cm³/mol. The monoisotopic (exact) mass is 491 g/mol. The molecule has 9 heteroatoms. The maximum absolute atomic E-state index is 14.3. The van der Waals surface area contributed by atoms with Gasteiger partial charge in [-0.15, -0.1) is 0 Å². The Hall–Kier alpha value is -3.35. The topological polar surface area (TPSA) is 105 Å². The van der Waals surface area contributed by atoms with Crippen LogP contribution in [0.2, 0.25) is 0 Å². The van der Waals surface area contributed by atoms with Crippen LogP contribution in [0.25, 0.3) is 10.8 Å². The summed E-state index contributed by atoms with van der Waals surface area (Å²) in [6.07, 6.45) is 3.88. The number of aromatic nitrogens is 2. The van der Waals surface area contributed by atoms with Gasteiger partial charge >= 0.3 is 0 Å². The molecule has 3 fully saturated rings. The summed E-state index contributed by atoms with van der Waals surface area (Å²) in [6.45, 7) is 4.78. The summed E-state index contributed by atoms with van der Waals surface area (Å²) in [6, 6.07) is 6.56. The fourth-order valence-electron chi connectivity index (χ4n) is 6.11. The van der Waals surface area contributed by atoms with Crippen LogP contribution in [-0.2, 0) is 4.79 Å². The molecule has 186 valence electrons. The lowest BCUT2D eigenvalue weighted by Gasteiger charge is -2.33. The summed E-state index contributed by atoms with van der Waals surface area (Å²) >= 11 is 0. The van der Waals surface area contributed by atoms with Gasteiger partial charge in [-0.1, -0.05) is 19.9 Å². The van der Waals surface area contributed by atoms with Crippen LogP contribution in [0.1, 0.15) is 61.8 Å². The first kappa shape index (κ1) is 23.1. The molecule has 0 radical (unpaired) electrons. The van der Waals surface area contributed by atoms with Gasteiger partial charge in [0.2, 0.25) is 5.91 Å². The number of aromatic amines is 1. The molecular weight excluding hydrogens is 464 g/mol. The molecule has 7 nitrogen and oxygen atoms in total. The maximum atomic E-state index is 14.3. The number of nitriles is 1. The van der Waals surface area contributed by atoms with Crippen molar-refractivity contribution < 1.29 is 18.7 Å². The average molecular weight is 492 g/mol. The number of pyridine rings is 1. The third-order valence-corrected chi connectivity index (χ3v) is 8.44. The number of halogens is 2. The highest BCUT2D eigenvalue weighted by molar-refractivity contribution is 5.88. The first-order valence-corrected chi connectivity index (χ1v) is 12.3. The van der Waals surface area contributed by atoms with Crippen molar-refractivity contribution >= 4 is 16.7 Å². The Morgan fingerprint density at radius 3 is 2.75 bits per heavy atom. The molecule has 3 N–H and O–H groups in total. The highest BCUT2D eigenvalue weighted by atomic mass is 19.2. The lowest BCUT2D eigenvalue weighted by molar-refractivity contribution is -0.132. The van der Waals surface area contributed by atoms with E-state index in [-0.39, 0.29) is 34.1 Å². The number of benzene rings is 1. The minimum atomic E-state index is -1.12. The lowest BCUT2D eigenvalue weighted by Crippen LogP contribution is -2.49. The second-order valence-electron chi connectivity index (χ2n) is 10.9. The number of H-pyrrole nitrogens is 1. The Bertz CT molecular complexity index is 1410. The SMILES string of the molecule is CC1(C)[C@@H]2[C@@H](C(=O)NC(C#N)c3cncc4c(F)c(F)ccc34)N(C(O)c3ccc(C4CC4)[nH]3)C[C@@H]21. The van der Waals surface area contributed by atoms with Crippen molar-refractivity contribution in [2.24, 2.45) is 17.3 Å². The van der Waals surface area contributed by atoms with E-state index in [1.165, 1.54) is 18.5 Å². The molecule has 1 aliphatic heterocycles. The van der Waals surface area contributed by atoms with Crippen molar-refractivity contribution in [2.45, 2.75) is 50.9 Å². The summed E-state index contributed by atoms with van der Waals surface area (Å²) in [5, 5.41) is 24.2. The van der Waals surface area contributed by atoms with Gasteiger partial charge in [0.05, 0.1) is 17.8 Å². The summed E-state index contributed by atoms with van der Waals surface area (Å²) in [7, 11) is 0. The Balaban J connectivity index is 1.28. The van der Waals surface area contributed by atoms with Crippen LogP contribution >= 0.6 is 0 Å². The fraction of sp³-hybridized carbons (Fsp3) is 0.444. The van der Waals surface area contributed by atoms with Crippen LogP contribution < -0.4 is 5.32 Å². The number of carbonyl (C=O) groups excluding carboxylic acids is 1. The largest absolute Gasteiger partial charge is 0.372 e. The first-order valence-electron chi connectivity index (χ1n) is 12.3. The van der Waals surface area contributed by atoms with E-state index in [2.05, 4.69) is 35.2 Å². The van der Waals surface area contributed by atoms with Crippen LogP contribution in [0.4, 0.5) is 8.78 Å². The van der Waals surface area contributed by atoms with E-state index >= 15 is 0 Å². The molecule has 3 aromatic rings. The van der Waals surface area contributed by atoms with Crippen molar-refractivity contribution in [1.82, 2.24) is 20.2 Å². The number of amides is 1. The van der Waals surface area contributed by atoms with Crippen molar-refractivity contribution in [3.05, 3.63) is 65.2 Å². The normalized spacial score (nSPS) is 26.3. The van der Waals surface area contributed by atoms with Gasteiger partial charge < -0.3 is 15.4 Å². The van der Waals surface area contributed by atoms with Crippen LogP contribution in [0.5, 0.6) is 0 Å². The molecule has 1 amide bonds. The number of aliphatic hydroxyl groups excluding tert-OH is 1. The van der Waals surface area contributed by atoms with E-state index in [9.17, 15) is 23.9 Å². The highest BCUT2D eigenvalue weighted by Gasteiger charge is 2.69. The smallest absolute Gasteiger partial charge is 0.239 e. The number of hydrogen-bond acceptors (Lipinski definition) is 5. The Morgan fingerprint density at radius 2 is 2.03 bits per heavy atom. The number of piperidine rings is 1. The number of likely N-dealkylation sites (tertiary alicyclic amines) is 1. The van der Waals surface area contributed by atoms with Crippen molar-refractivity contribution in [2.75, 3.05) is 6.54 Å². The third kappa shape index (κ3) is 3.51. The van der Waals surface area contributed by atoms with Gasteiger partial charge in [0, 0.05) is 35.6 Å². The van der Waals surface area contributed by atoms with Crippen LogP contribution in [0.15, 0.2) is 36.7 Å². The van der Waals surface area contributed by atoms with E-state index in [0.29, 0.717) is 23.5 Å². The molecule has 0 bridgehead atoms. The molecule has 1 aromatic carbocycles. The minimum Gasteiger partial charge on any atom is -0.372 e. The van der Waals surface area contributed by atoms with Gasteiger partial charge in [-0.05, 0) is 59.6 Å². The number of carbonyl (C=O) groups is 1. The molecule has 1 saturated heterocycles. The second kappa shape index (κ2) is 8.08. The zero-order chi connectivity index (χ0) is 25.4. The zero-order valence-corrected chi connectivity index (χ0v) is 20.0. The molecule has 2 saturated carbocycles. The standard InChI is InChI=1S/C27H27F2N5O2/c1-27(2)17-12-34(26(36)20-8-7-19(32-20)13-3-4-13)24(22(17)27)25(35)33-21(9-30)15-10-31-11-16-14(15)5-6-18(28)23(16)29/h5-8,10-11,13,17,21-22,24,26,32,36H,3-4,12H2,1-2H3,(H,33,35)/t17-,21?,22-,24-,26?/m0/s1. The summed E-state index contributed by atoms with van der Waals surface area (Å²) in [5.74, 6) is -1.65. The summed E-state index contributed by atoms with van der Waals surface area (Å²) < 4.78 is 28.1. The average Bonchev–Trinajstić information content (AvgIpc) is 3.64. The third-order valence-electron chi connectivity index (χ3n) is 8.44. The molecule has 6 rings (SSSR count). The zero-order valence-electron chi connectivity index (χ0n) is 20.0. The number of hydrogen-bond donors (Lipinski definition) is 3. The van der Waals surface area contributed by atoms with Gasteiger partial charge in [0.25, 0.3) is 0 Å². The van der Waals surface area contributed by atoms with E-state index in [0.717, 1.165) is 24.6 Å². The van der Waals surface area contributed by atoms with E-state index in [4.69, 9.17) is 0 Å². The molecule has 3 aliphatic rings. The number of nitrogens with zero attached hydrogens (tertiary/aromatic N) is 3. The van der Waals surface area contributed by atoms with Gasteiger partial charge in [-0.25, -0.2) is 8.78 Å². The number of aliphatic hydroxyl groups is 1. The van der Waals surface area contributed by atoms with Crippen LogP contribution in [0.3, 0.4) is 0 Å². The molecule has 0 spiro atoms. The van der Waals surface area contributed by atoms with Crippen LogP contribution in [-0.4, -0.2) is 38.5 Å². The van der Waals surface area contributed by atoms with Crippen LogP contribution in [0, 0.1) is 40.2 Å². The minimum absolute atomic E-state index is 0.0292.